The first-order valence-corrected chi connectivity index (χ1v) is 24.2. The van der Waals surface area contributed by atoms with Crippen molar-refractivity contribution >= 4 is 31.6 Å². The third-order valence-electron chi connectivity index (χ3n) is 10.6. The second kappa shape index (κ2) is 19.0. The van der Waals surface area contributed by atoms with Crippen molar-refractivity contribution in [2.75, 3.05) is 78.6 Å². The largest absolute Gasteiger partial charge is 0.416 e. The number of benzene rings is 2. The van der Waals surface area contributed by atoms with Crippen LogP contribution >= 0.6 is 0 Å². The molecular weight excluding hydrogens is 827 g/mol. The van der Waals surface area contributed by atoms with Gasteiger partial charge in [0.25, 0.3) is 0 Å². The predicted octanol–water partition coefficient (Wildman–Crippen LogP) is 9.42. The predicted molar refractivity (Wildman–Crippen MR) is 233 cm³/mol. The zero-order valence-electron chi connectivity index (χ0n) is 34.9. The maximum Gasteiger partial charge on any atom is 0.416 e. The van der Waals surface area contributed by atoms with Crippen molar-refractivity contribution in [3.05, 3.63) is 121 Å². The summed E-state index contributed by atoms with van der Waals surface area (Å²) in [6.07, 6.45) is -1.83. The molecule has 0 bridgehead atoms. The third-order valence-corrected chi connectivity index (χ3v) is 12.3. The van der Waals surface area contributed by atoms with E-state index >= 15 is 0 Å². The van der Waals surface area contributed by atoms with Crippen LogP contribution in [0.3, 0.4) is 0 Å². The highest BCUT2D eigenvalue weighted by Crippen LogP contribution is 2.34. The molecule has 0 aliphatic carbocycles. The Morgan fingerprint density at radius 2 is 1.16 bits per heavy atom. The molecule has 0 spiro atoms. The highest BCUT2D eigenvalue weighted by molar-refractivity contribution is 6.76. The molecule has 328 valence electrons. The first kappa shape index (κ1) is 44.2. The van der Waals surface area contributed by atoms with Crippen LogP contribution in [0.4, 0.5) is 49.9 Å². The summed E-state index contributed by atoms with van der Waals surface area (Å²) in [5, 5.41) is 0. The lowest BCUT2D eigenvalue weighted by Gasteiger charge is -2.36. The lowest BCUT2D eigenvalue weighted by Crippen LogP contribution is -2.47. The van der Waals surface area contributed by atoms with E-state index in [0.717, 1.165) is 94.3 Å². The molecule has 1 N–H and O–H groups in total. The van der Waals surface area contributed by atoms with E-state index in [4.69, 9.17) is 9.72 Å². The molecule has 8 rings (SSSR count). The summed E-state index contributed by atoms with van der Waals surface area (Å²) < 4.78 is 86.5. The van der Waals surface area contributed by atoms with Gasteiger partial charge in [0, 0.05) is 96.8 Å². The minimum absolute atomic E-state index is 0.312. The molecule has 18 heteroatoms. The molecule has 2 aliphatic heterocycles. The molecule has 0 unspecified atom stereocenters. The number of hydrogen-bond acceptors (Lipinski definition) is 9. The number of hydrogen-bond donors (Lipinski definition) is 1. The second-order valence-electron chi connectivity index (χ2n) is 16.3. The quantitative estimate of drug-likeness (QED) is 0.0777. The molecule has 0 radical (unpaired) electrons. The Hall–Kier alpha value is -5.88. The number of piperazine rings is 2. The number of alkyl halides is 6. The number of pyridine rings is 2. The molecule has 11 nitrogen and oxygen atoms in total. The van der Waals surface area contributed by atoms with Gasteiger partial charge in [-0.15, -0.1) is 0 Å². The zero-order chi connectivity index (χ0) is 43.9. The van der Waals surface area contributed by atoms with Gasteiger partial charge in [-0.1, -0.05) is 56.0 Å². The Labute approximate surface area is 358 Å². The molecule has 2 saturated heterocycles. The highest BCUT2D eigenvalue weighted by atomic mass is 28.3. The normalized spacial score (nSPS) is 15.1. The van der Waals surface area contributed by atoms with Crippen LogP contribution in [0, 0.1) is 0 Å². The van der Waals surface area contributed by atoms with Gasteiger partial charge in [-0.25, -0.2) is 19.9 Å². The summed E-state index contributed by atoms with van der Waals surface area (Å²) in [5.74, 6) is 3.27. The SMILES string of the molecule is C[Si](C)(C)CCOCn1cc(-c2cccc(C(F)(F)F)c2)nc1N1CCN(c2ccccn2)CC1.FC(F)(F)c1cccc(-c2cnc(N3CCN(c4ccccn4)CC3)[nH]2)c1. The fourth-order valence-electron chi connectivity index (χ4n) is 7.13. The van der Waals surface area contributed by atoms with Crippen LogP contribution in [-0.4, -0.2) is 96.5 Å². The van der Waals surface area contributed by atoms with Gasteiger partial charge in [0.05, 0.1) is 28.7 Å². The van der Waals surface area contributed by atoms with Crippen molar-refractivity contribution < 1.29 is 31.1 Å². The molecule has 2 fully saturated rings. The van der Waals surface area contributed by atoms with Crippen LogP contribution in [0.2, 0.25) is 25.7 Å². The average Bonchev–Trinajstić information content (AvgIpc) is 3.94. The number of ether oxygens (including phenoxy) is 1. The Balaban J connectivity index is 0.000000192. The second-order valence-corrected chi connectivity index (χ2v) is 22.0. The number of halogens is 6. The van der Waals surface area contributed by atoms with E-state index in [0.29, 0.717) is 47.7 Å². The number of imidazole rings is 2. The van der Waals surface area contributed by atoms with Crippen LogP contribution < -0.4 is 19.6 Å². The van der Waals surface area contributed by atoms with Crippen molar-refractivity contribution in [3.8, 4) is 22.5 Å². The molecule has 2 aromatic carbocycles. The van der Waals surface area contributed by atoms with E-state index in [2.05, 4.69) is 59.2 Å². The maximum absolute atomic E-state index is 13.3. The van der Waals surface area contributed by atoms with E-state index in [1.807, 2.05) is 41.0 Å². The molecule has 4 aromatic heterocycles. The number of nitrogens with one attached hydrogen (secondary N) is 1. The van der Waals surface area contributed by atoms with Crippen LogP contribution in [0.1, 0.15) is 11.1 Å². The van der Waals surface area contributed by atoms with Crippen molar-refractivity contribution in [1.29, 1.82) is 0 Å². The highest BCUT2D eigenvalue weighted by Gasteiger charge is 2.32. The summed E-state index contributed by atoms with van der Waals surface area (Å²) in [5.41, 5.74) is 0.640. The molecule has 6 heterocycles. The number of nitrogens with zero attached hydrogens (tertiary/aromatic N) is 9. The van der Waals surface area contributed by atoms with Gasteiger partial charge in [-0.05, 0) is 54.6 Å². The lowest BCUT2D eigenvalue weighted by molar-refractivity contribution is -0.138. The number of rotatable bonds is 11. The summed E-state index contributed by atoms with van der Waals surface area (Å²) in [6.45, 7) is 14.0. The summed E-state index contributed by atoms with van der Waals surface area (Å²) in [6, 6.07) is 23.3. The number of anilines is 4. The van der Waals surface area contributed by atoms with Gasteiger partial charge in [0.15, 0.2) is 0 Å². The zero-order valence-corrected chi connectivity index (χ0v) is 35.9. The molecule has 0 saturated carbocycles. The van der Waals surface area contributed by atoms with Gasteiger partial charge >= 0.3 is 12.4 Å². The average molecular weight is 877 g/mol. The molecule has 62 heavy (non-hydrogen) atoms. The van der Waals surface area contributed by atoms with E-state index in [9.17, 15) is 26.3 Å². The minimum atomic E-state index is -4.40. The fraction of sp³-hybridized carbons (Fsp3) is 0.364. The Bertz CT molecular complexity index is 2330. The van der Waals surface area contributed by atoms with Gasteiger partial charge in [-0.2, -0.15) is 26.3 Å². The fourth-order valence-corrected chi connectivity index (χ4v) is 7.89. The van der Waals surface area contributed by atoms with Crippen LogP contribution in [0.15, 0.2) is 110 Å². The van der Waals surface area contributed by atoms with E-state index in [1.165, 1.54) is 12.1 Å². The monoisotopic (exact) mass is 876 g/mol. The van der Waals surface area contributed by atoms with Gasteiger partial charge < -0.3 is 29.3 Å². The van der Waals surface area contributed by atoms with Gasteiger partial charge in [0.2, 0.25) is 11.9 Å². The smallest absolute Gasteiger partial charge is 0.361 e. The Kier molecular flexibility index (Phi) is 13.6. The Morgan fingerprint density at radius 1 is 0.629 bits per heavy atom. The van der Waals surface area contributed by atoms with Crippen LogP contribution in [0.5, 0.6) is 0 Å². The van der Waals surface area contributed by atoms with Crippen molar-refractivity contribution in [2.45, 2.75) is 44.8 Å². The lowest BCUT2D eigenvalue weighted by atomic mass is 10.1. The van der Waals surface area contributed by atoms with Gasteiger partial charge in [-0.3, -0.25) is 4.57 Å². The standard InChI is InChI=1S/C25H32F3N5OSi.C19H18F3N5/c1-35(2,3)16-15-34-19-33-18-22(20-7-6-8-21(17-20)25(26,27)28)30-24(33)32-13-11-31(12-14-32)23-9-4-5-10-29-23;20-19(21,22)15-5-3-4-14(12-15)16-13-24-18(25-16)27-10-8-26(9-11-27)17-6-1-2-7-23-17/h4-10,17-18H,11-16,19H2,1-3H3;1-7,12-13H,8-11H2,(H,24,25). The molecule has 6 aromatic rings. The van der Waals surface area contributed by atoms with E-state index < -0.39 is 31.6 Å². The maximum atomic E-state index is 13.3. The van der Waals surface area contributed by atoms with E-state index in [1.54, 1.807) is 36.9 Å². The number of aromatic amines is 1. The summed E-state index contributed by atoms with van der Waals surface area (Å²) in [7, 11) is -1.23. The van der Waals surface area contributed by atoms with Crippen molar-refractivity contribution in [1.82, 2.24) is 29.5 Å². The summed E-state index contributed by atoms with van der Waals surface area (Å²) in [4.78, 5) is 29.8. The topological polar surface area (TPSA) is 94.5 Å². The van der Waals surface area contributed by atoms with Crippen molar-refractivity contribution in [3.63, 3.8) is 0 Å². The molecule has 2 aliphatic rings. The first-order valence-electron chi connectivity index (χ1n) is 20.5. The Morgan fingerprint density at radius 3 is 1.69 bits per heavy atom. The van der Waals surface area contributed by atoms with Crippen LogP contribution in [0.25, 0.3) is 22.5 Å². The number of H-pyrrole nitrogens is 1. The minimum Gasteiger partial charge on any atom is -0.361 e. The molecular formula is C44H50F6N10OSi. The van der Waals surface area contributed by atoms with Crippen LogP contribution in [-0.2, 0) is 23.8 Å². The van der Waals surface area contributed by atoms with Gasteiger partial charge in [0.1, 0.15) is 18.4 Å². The molecule has 0 atom stereocenters. The van der Waals surface area contributed by atoms with E-state index in [-0.39, 0.29) is 0 Å². The molecule has 0 amide bonds. The summed E-state index contributed by atoms with van der Waals surface area (Å²) >= 11 is 0. The third kappa shape index (κ3) is 11.5. The number of aromatic nitrogens is 6. The first-order chi connectivity index (χ1) is 29.6. The van der Waals surface area contributed by atoms with Crippen molar-refractivity contribution in [2.24, 2.45) is 0 Å².